The quantitative estimate of drug-likeness (QED) is 0.171. The van der Waals surface area contributed by atoms with Gasteiger partial charge in [0.15, 0.2) is 17.5 Å². The first-order valence-electron chi connectivity index (χ1n) is 19.2. The number of benzene rings is 9. The molecule has 0 N–H and O–H groups in total. The van der Waals surface area contributed by atoms with Gasteiger partial charge in [-0.25, -0.2) is 15.0 Å². The number of fused-ring (bicyclic) bond motifs is 5. The number of hydrogen-bond acceptors (Lipinski definition) is 4. The predicted molar refractivity (Wildman–Crippen MR) is 235 cm³/mol. The zero-order chi connectivity index (χ0) is 37.7. The molecule has 0 amide bonds. The van der Waals surface area contributed by atoms with Crippen molar-refractivity contribution < 1.29 is 4.42 Å². The molecule has 57 heavy (non-hydrogen) atoms. The summed E-state index contributed by atoms with van der Waals surface area (Å²) >= 11 is 0. The van der Waals surface area contributed by atoms with Crippen LogP contribution < -0.4 is 0 Å². The van der Waals surface area contributed by atoms with Gasteiger partial charge in [0.05, 0.1) is 5.56 Å². The van der Waals surface area contributed by atoms with Crippen LogP contribution in [0.25, 0.3) is 111 Å². The summed E-state index contributed by atoms with van der Waals surface area (Å²) in [5, 5.41) is 6.69. The summed E-state index contributed by atoms with van der Waals surface area (Å²) in [6.45, 7) is 0. The molecule has 0 bridgehead atoms. The lowest BCUT2D eigenvalue weighted by Crippen LogP contribution is -2.01. The monoisotopic (exact) mass is 727 g/mol. The van der Waals surface area contributed by atoms with E-state index >= 15 is 0 Å². The first kappa shape index (κ1) is 32.7. The van der Waals surface area contributed by atoms with Gasteiger partial charge in [0.25, 0.3) is 0 Å². The van der Waals surface area contributed by atoms with Crippen molar-refractivity contribution in [1.82, 2.24) is 15.0 Å². The van der Waals surface area contributed by atoms with E-state index in [1.807, 2.05) is 60.7 Å². The third-order valence-corrected chi connectivity index (χ3v) is 11.0. The van der Waals surface area contributed by atoms with Gasteiger partial charge in [-0.1, -0.05) is 182 Å². The van der Waals surface area contributed by atoms with E-state index in [0.29, 0.717) is 17.5 Å². The van der Waals surface area contributed by atoms with E-state index in [1.54, 1.807) is 0 Å². The number of para-hydroxylation sites is 2. The van der Waals surface area contributed by atoms with E-state index < -0.39 is 0 Å². The second-order valence-corrected chi connectivity index (χ2v) is 14.3. The molecule has 0 atom stereocenters. The van der Waals surface area contributed by atoms with E-state index in [9.17, 15) is 0 Å². The molecule has 2 aromatic heterocycles. The largest absolute Gasteiger partial charge is 0.455 e. The number of nitrogens with zero attached hydrogens (tertiary/aromatic N) is 3. The van der Waals surface area contributed by atoms with E-state index in [4.69, 9.17) is 19.4 Å². The molecular formula is C53H33N3O. The van der Waals surface area contributed by atoms with E-state index in [2.05, 4.69) is 140 Å². The Morgan fingerprint density at radius 2 is 0.667 bits per heavy atom. The Morgan fingerprint density at radius 1 is 0.246 bits per heavy atom. The maximum atomic E-state index is 6.46. The van der Waals surface area contributed by atoms with Crippen LogP contribution in [0.1, 0.15) is 0 Å². The van der Waals surface area contributed by atoms with Gasteiger partial charge in [-0.2, -0.15) is 0 Å². The third-order valence-electron chi connectivity index (χ3n) is 11.0. The van der Waals surface area contributed by atoms with Crippen molar-refractivity contribution in [1.29, 1.82) is 0 Å². The third kappa shape index (κ3) is 5.58. The molecule has 11 rings (SSSR count). The summed E-state index contributed by atoms with van der Waals surface area (Å²) < 4.78 is 6.46. The van der Waals surface area contributed by atoms with E-state index in [1.165, 1.54) is 38.6 Å². The van der Waals surface area contributed by atoms with Crippen molar-refractivity contribution in [3.05, 3.63) is 200 Å². The number of aromatic nitrogens is 3. The van der Waals surface area contributed by atoms with Gasteiger partial charge in [0.1, 0.15) is 11.2 Å². The van der Waals surface area contributed by atoms with Crippen LogP contribution >= 0.6 is 0 Å². The number of rotatable bonds is 6. The molecule has 2 heterocycles. The fourth-order valence-electron chi connectivity index (χ4n) is 8.34. The normalized spacial score (nSPS) is 11.5. The molecule has 4 heteroatoms. The van der Waals surface area contributed by atoms with Gasteiger partial charge in [0.2, 0.25) is 0 Å². The average molecular weight is 728 g/mol. The Morgan fingerprint density at radius 3 is 1.32 bits per heavy atom. The highest BCUT2D eigenvalue weighted by molar-refractivity contribution is 6.13. The van der Waals surface area contributed by atoms with Gasteiger partial charge >= 0.3 is 0 Å². The average Bonchev–Trinajstić information content (AvgIpc) is 3.68. The van der Waals surface area contributed by atoms with Crippen LogP contribution in [0.15, 0.2) is 205 Å². The minimum absolute atomic E-state index is 0.564. The molecule has 0 radical (unpaired) electrons. The molecule has 0 saturated heterocycles. The summed E-state index contributed by atoms with van der Waals surface area (Å²) in [4.78, 5) is 15.4. The highest BCUT2D eigenvalue weighted by Gasteiger charge is 2.20. The minimum Gasteiger partial charge on any atom is -0.455 e. The lowest BCUT2D eigenvalue weighted by Gasteiger charge is -2.17. The molecule has 4 nitrogen and oxygen atoms in total. The molecule has 0 fully saturated rings. The second-order valence-electron chi connectivity index (χ2n) is 14.3. The highest BCUT2D eigenvalue weighted by Crippen LogP contribution is 2.43. The maximum absolute atomic E-state index is 6.46. The fraction of sp³-hybridized carbons (Fsp3) is 0. The first-order valence-corrected chi connectivity index (χ1v) is 19.2. The van der Waals surface area contributed by atoms with Crippen LogP contribution in [0, 0.1) is 0 Å². The Hall–Kier alpha value is -7.69. The molecule has 0 aliphatic rings. The van der Waals surface area contributed by atoms with Crippen molar-refractivity contribution in [2.24, 2.45) is 0 Å². The van der Waals surface area contributed by atoms with Crippen molar-refractivity contribution >= 4 is 43.5 Å². The standard InChI is InChI=1S/C53H33N3O/c1-3-16-34(17-4-1)36-20-7-8-21-37(36)42-30-31-43(39-23-10-9-22-38(39)42)44-32-33-47(41-25-12-11-24-40(41)44)52-54-51(35-18-5-2-6-19-35)55-53(56-52)48-28-15-27-46-45-26-13-14-29-49(45)57-50(46)48/h1-33H. The van der Waals surface area contributed by atoms with Crippen molar-refractivity contribution in [2.75, 3.05) is 0 Å². The first-order chi connectivity index (χ1) is 28.3. The maximum Gasteiger partial charge on any atom is 0.167 e. The lowest BCUT2D eigenvalue weighted by atomic mass is 9.87. The van der Waals surface area contributed by atoms with E-state index in [0.717, 1.165) is 55.0 Å². The summed E-state index contributed by atoms with van der Waals surface area (Å²) in [7, 11) is 0. The summed E-state index contributed by atoms with van der Waals surface area (Å²) in [6, 6.07) is 70.0. The predicted octanol–water partition coefficient (Wildman–Crippen LogP) is 14.1. The zero-order valence-corrected chi connectivity index (χ0v) is 30.8. The Bertz CT molecular complexity index is 3300. The smallest absolute Gasteiger partial charge is 0.167 e. The van der Waals surface area contributed by atoms with Crippen LogP contribution in [0.4, 0.5) is 0 Å². The topological polar surface area (TPSA) is 51.8 Å². The van der Waals surface area contributed by atoms with E-state index in [-0.39, 0.29) is 0 Å². The Balaban J connectivity index is 1.10. The summed E-state index contributed by atoms with van der Waals surface area (Å²) in [5.41, 5.74) is 11.4. The Labute approximate surface area is 329 Å². The number of furan rings is 1. The second kappa shape index (κ2) is 13.6. The lowest BCUT2D eigenvalue weighted by molar-refractivity contribution is 0.669. The molecular weight excluding hydrogens is 695 g/mol. The molecule has 0 spiro atoms. The van der Waals surface area contributed by atoms with Gasteiger partial charge in [-0.15, -0.1) is 0 Å². The fourth-order valence-corrected chi connectivity index (χ4v) is 8.34. The molecule has 0 saturated carbocycles. The van der Waals surface area contributed by atoms with Crippen LogP contribution in [-0.4, -0.2) is 15.0 Å². The molecule has 0 aliphatic heterocycles. The summed E-state index contributed by atoms with van der Waals surface area (Å²) in [6.07, 6.45) is 0. The van der Waals surface area contributed by atoms with Crippen LogP contribution in [0.5, 0.6) is 0 Å². The molecule has 266 valence electrons. The number of hydrogen-bond donors (Lipinski definition) is 0. The molecule has 11 aromatic rings. The van der Waals surface area contributed by atoms with Crippen LogP contribution in [-0.2, 0) is 0 Å². The van der Waals surface area contributed by atoms with Crippen molar-refractivity contribution in [2.45, 2.75) is 0 Å². The van der Waals surface area contributed by atoms with Gasteiger partial charge in [0, 0.05) is 21.9 Å². The Kier molecular flexibility index (Phi) is 7.78. The zero-order valence-electron chi connectivity index (χ0n) is 30.8. The minimum atomic E-state index is 0.564. The van der Waals surface area contributed by atoms with Gasteiger partial charge in [-0.3, -0.25) is 0 Å². The SMILES string of the molecule is c1ccc(-c2nc(-c3ccc(-c4ccc(-c5ccccc5-c5ccccc5)c5ccccc45)c4ccccc34)nc(-c3cccc4c3oc3ccccc34)n2)cc1. The van der Waals surface area contributed by atoms with Crippen LogP contribution in [0.2, 0.25) is 0 Å². The molecule has 9 aromatic carbocycles. The highest BCUT2D eigenvalue weighted by atomic mass is 16.3. The van der Waals surface area contributed by atoms with Gasteiger partial charge < -0.3 is 4.42 Å². The van der Waals surface area contributed by atoms with Crippen molar-refractivity contribution in [3.63, 3.8) is 0 Å². The summed E-state index contributed by atoms with van der Waals surface area (Å²) in [5.74, 6) is 1.77. The van der Waals surface area contributed by atoms with Crippen molar-refractivity contribution in [3.8, 4) is 67.5 Å². The molecule has 0 unspecified atom stereocenters. The van der Waals surface area contributed by atoms with Gasteiger partial charge in [-0.05, 0) is 73.1 Å². The molecule has 0 aliphatic carbocycles. The van der Waals surface area contributed by atoms with Crippen LogP contribution in [0.3, 0.4) is 0 Å².